The van der Waals surface area contributed by atoms with Gasteiger partial charge in [0.1, 0.15) is 0 Å². The van der Waals surface area contributed by atoms with Gasteiger partial charge >= 0.3 is 0 Å². The van der Waals surface area contributed by atoms with E-state index in [1.165, 1.54) is 37.7 Å². The smallest absolute Gasteiger partial charge is 0.0824 e. The maximum Gasteiger partial charge on any atom is 0.0824 e. The largest absolute Gasteiger partial charge is 0.374 e. The summed E-state index contributed by atoms with van der Waals surface area (Å²) in [7, 11) is 0. The molecule has 1 unspecified atom stereocenters. The molecule has 0 bridgehead atoms. The highest BCUT2D eigenvalue weighted by Gasteiger charge is 2.10. The van der Waals surface area contributed by atoms with E-state index in [1.807, 2.05) is 0 Å². The molecule has 0 fully saturated rings. The van der Waals surface area contributed by atoms with Gasteiger partial charge in [0.2, 0.25) is 0 Å². The number of benzene rings is 1. The molecule has 1 heteroatoms. The zero-order valence-electron chi connectivity index (χ0n) is 11.3. The summed E-state index contributed by atoms with van der Waals surface area (Å²) in [5, 5.41) is 0. The molecule has 0 radical (unpaired) electrons. The molecule has 96 valence electrons. The van der Waals surface area contributed by atoms with Crippen molar-refractivity contribution < 1.29 is 4.74 Å². The Morgan fingerprint density at radius 2 is 1.65 bits per heavy atom. The van der Waals surface area contributed by atoms with Gasteiger partial charge in [-0.05, 0) is 18.4 Å². The van der Waals surface area contributed by atoms with Crippen molar-refractivity contribution >= 4 is 0 Å². The molecule has 1 atom stereocenters. The standard InChI is InChI=1S/C16H26O/c1-3-5-10-14-17-16(13-6-4-2)15-11-8-7-9-12-15/h7-9,11-12,16H,3-6,10,13-14H2,1-2H3. The van der Waals surface area contributed by atoms with Crippen LogP contribution in [0.15, 0.2) is 30.3 Å². The first-order valence-corrected chi connectivity index (χ1v) is 7.05. The molecule has 0 aliphatic carbocycles. The molecular formula is C16H26O. The maximum atomic E-state index is 6.03. The fourth-order valence-electron chi connectivity index (χ4n) is 1.98. The molecule has 1 aromatic rings. The third-order valence-corrected chi connectivity index (χ3v) is 3.06. The lowest BCUT2D eigenvalue weighted by Crippen LogP contribution is -2.05. The van der Waals surface area contributed by atoms with Crippen LogP contribution in [0, 0.1) is 0 Å². The highest BCUT2D eigenvalue weighted by Crippen LogP contribution is 2.23. The number of unbranched alkanes of at least 4 members (excludes halogenated alkanes) is 3. The summed E-state index contributed by atoms with van der Waals surface area (Å²) in [4.78, 5) is 0. The van der Waals surface area contributed by atoms with E-state index in [1.54, 1.807) is 0 Å². The van der Waals surface area contributed by atoms with Gasteiger partial charge in [-0.15, -0.1) is 0 Å². The molecule has 0 saturated heterocycles. The summed E-state index contributed by atoms with van der Waals surface area (Å²) in [6, 6.07) is 10.6. The van der Waals surface area contributed by atoms with Crippen LogP contribution in [0.1, 0.15) is 64.0 Å². The molecule has 17 heavy (non-hydrogen) atoms. The van der Waals surface area contributed by atoms with Crippen molar-refractivity contribution in [3.63, 3.8) is 0 Å². The number of hydrogen-bond donors (Lipinski definition) is 0. The molecule has 0 aliphatic rings. The van der Waals surface area contributed by atoms with Gasteiger partial charge in [-0.1, -0.05) is 69.9 Å². The van der Waals surface area contributed by atoms with E-state index < -0.39 is 0 Å². The Kier molecular flexibility index (Phi) is 7.74. The monoisotopic (exact) mass is 234 g/mol. The van der Waals surface area contributed by atoms with E-state index in [2.05, 4.69) is 44.2 Å². The second-order valence-corrected chi connectivity index (χ2v) is 4.62. The van der Waals surface area contributed by atoms with Gasteiger partial charge in [0.05, 0.1) is 6.10 Å². The molecule has 0 saturated carbocycles. The summed E-state index contributed by atoms with van der Waals surface area (Å²) >= 11 is 0. The van der Waals surface area contributed by atoms with E-state index >= 15 is 0 Å². The summed E-state index contributed by atoms with van der Waals surface area (Å²) < 4.78 is 6.03. The average Bonchev–Trinajstić information content (AvgIpc) is 2.39. The predicted octanol–water partition coefficient (Wildman–Crippen LogP) is 5.12. The van der Waals surface area contributed by atoms with Crippen molar-refractivity contribution in [2.45, 2.75) is 58.5 Å². The predicted molar refractivity (Wildman–Crippen MR) is 74.2 cm³/mol. The van der Waals surface area contributed by atoms with Crippen LogP contribution in [0.3, 0.4) is 0 Å². The van der Waals surface area contributed by atoms with E-state index in [-0.39, 0.29) is 0 Å². The molecule has 1 rings (SSSR count). The van der Waals surface area contributed by atoms with Gasteiger partial charge < -0.3 is 4.74 Å². The highest BCUT2D eigenvalue weighted by atomic mass is 16.5. The molecular weight excluding hydrogens is 208 g/mol. The molecule has 0 aromatic heterocycles. The normalized spacial score (nSPS) is 12.6. The number of ether oxygens (including phenoxy) is 1. The van der Waals surface area contributed by atoms with Crippen molar-refractivity contribution in [3.8, 4) is 0 Å². The highest BCUT2D eigenvalue weighted by molar-refractivity contribution is 5.17. The second-order valence-electron chi connectivity index (χ2n) is 4.62. The Labute approximate surface area is 106 Å². The minimum absolute atomic E-state index is 0.299. The van der Waals surface area contributed by atoms with Crippen molar-refractivity contribution in [1.82, 2.24) is 0 Å². The van der Waals surface area contributed by atoms with Gasteiger partial charge in [0, 0.05) is 6.61 Å². The topological polar surface area (TPSA) is 9.23 Å². The number of rotatable bonds is 9. The lowest BCUT2D eigenvalue weighted by Gasteiger charge is -2.18. The molecule has 0 amide bonds. The van der Waals surface area contributed by atoms with Crippen LogP contribution in [-0.2, 0) is 4.74 Å². The Balaban J connectivity index is 2.43. The van der Waals surface area contributed by atoms with Gasteiger partial charge in [0.15, 0.2) is 0 Å². The van der Waals surface area contributed by atoms with Crippen LogP contribution in [0.4, 0.5) is 0 Å². The minimum atomic E-state index is 0.299. The first-order chi connectivity index (χ1) is 8.38. The van der Waals surface area contributed by atoms with E-state index in [0.717, 1.165) is 13.0 Å². The van der Waals surface area contributed by atoms with Gasteiger partial charge in [-0.2, -0.15) is 0 Å². The van der Waals surface area contributed by atoms with E-state index in [9.17, 15) is 0 Å². The van der Waals surface area contributed by atoms with Gasteiger partial charge in [-0.3, -0.25) is 0 Å². The van der Waals surface area contributed by atoms with Crippen LogP contribution < -0.4 is 0 Å². The van der Waals surface area contributed by atoms with Gasteiger partial charge in [-0.25, -0.2) is 0 Å². The molecule has 1 aromatic carbocycles. The molecule has 0 heterocycles. The summed E-state index contributed by atoms with van der Waals surface area (Å²) in [5.41, 5.74) is 1.33. The zero-order valence-corrected chi connectivity index (χ0v) is 11.3. The Bertz CT molecular complexity index is 268. The summed E-state index contributed by atoms with van der Waals surface area (Å²) in [6.45, 7) is 5.36. The van der Waals surface area contributed by atoms with Crippen molar-refractivity contribution in [2.24, 2.45) is 0 Å². The lowest BCUT2D eigenvalue weighted by atomic mass is 10.0. The van der Waals surface area contributed by atoms with E-state index in [4.69, 9.17) is 4.74 Å². The second kappa shape index (κ2) is 9.23. The Morgan fingerprint density at radius 3 is 2.29 bits per heavy atom. The first kappa shape index (κ1) is 14.2. The lowest BCUT2D eigenvalue weighted by molar-refractivity contribution is 0.0426. The van der Waals surface area contributed by atoms with E-state index in [0.29, 0.717) is 6.10 Å². The minimum Gasteiger partial charge on any atom is -0.374 e. The Hall–Kier alpha value is -0.820. The average molecular weight is 234 g/mol. The van der Waals surface area contributed by atoms with Crippen LogP contribution in [0.5, 0.6) is 0 Å². The maximum absolute atomic E-state index is 6.03. The SMILES string of the molecule is CCCCCOC(CCCC)c1ccccc1. The molecule has 1 nitrogen and oxygen atoms in total. The number of hydrogen-bond acceptors (Lipinski definition) is 1. The van der Waals surface area contributed by atoms with Crippen LogP contribution in [0.25, 0.3) is 0 Å². The molecule has 0 aliphatic heterocycles. The Morgan fingerprint density at radius 1 is 0.941 bits per heavy atom. The fourth-order valence-corrected chi connectivity index (χ4v) is 1.98. The van der Waals surface area contributed by atoms with Crippen LogP contribution in [0.2, 0.25) is 0 Å². The fraction of sp³-hybridized carbons (Fsp3) is 0.625. The van der Waals surface area contributed by atoms with Crippen molar-refractivity contribution in [1.29, 1.82) is 0 Å². The molecule has 0 N–H and O–H groups in total. The van der Waals surface area contributed by atoms with Gasteiger partial charge in [0.25, 0.3) is 0 Å². The van der Waals surface area contributed by atoms with Crippen LogP contribution >= 0.6 is 0 Å². The molecule has 0 spiro atoms. The zero-order chi connectivity index (χ0) is 12.3. The van der Waals surface area contributed by atoms with Crippen molar-refractivity contribution in [3.05, 3.63) is 35.9 Å². The first-order valence-electron chi connectivity index (χ1n) is 7.05. The summed E-state index contributed by atoms with van der Waals surface area (Å²) in [5.74, 6) is 0. The third kappa shape index (κ3) is 5.88. The quantitative estimate of drug-likeness (QED) is 0.538. The summed E-state index contributed by atoms with van der Waals surface area (Å²) in [6.07, 6.45) is 7.64. The third-order valence-electron chi connectivity index (χ3n) is 3.06. The van der Waals surface area contributed by atoms with Crippen LogP contribution in [-0.4, -0.2) is 6.61 Å². The van der Waals surface area contributed by atoms with Crippen molar-refractivity contribution in [2.75, 3.05) is 6.61 Å².